The van der Waals surface area contributed by atoms with Gasteiger partial charge in [-0.1, -0.05) is 80.4 Å². The van der Waals surface area contributed by atoms with E-state index in [9.17, 15) is 5.11 Å². The number of benzene rings is 4. The lowest BCUT2D eigenvalue weighted by atomic mass is 9.71. The molecule has 1 aliphatic heterocycles. The number of aromatic nitrogens is 1. The van der Waals surface area contributed by atoms with Gasteiger partial charge in [0.1, 0.15) is 5.60 Å². The number of hydrogen-bond acceptors (Lipinski definition) is 5. The summed E-state index contributed by atoms with van der Waals surface area (Å²) in [6.45, 7) is 4.82. The maximum absolute atomic E-state index is 13.3. The zero-order valence-corrected chi connectivity index (χ0v) is 27.1. The summed E-state index contributed by atoms with van der Waals surface area (Å²) in [4.78, 5) is 9.76. The van der Waals surface area contributed by atoms with Crippen LogP contribution in [-0.4, -0.2) is 66.8 Å². The second kappa shape index (κ2) is 12.4. The first-order valence-electron chi connectivity index (χ1n) is 14.4. The number of hydrogen-bond donors (Lipinski definition) is 1. The Morgan fingerprint density at radius 2 is 1.50 bits per heavy atom. The maximum Gasteiger partial charge on any atom is 0.217 e. The van der Waals surface area contributed by atoms with E-state index in [-0.39, 0.29) is 0 Å². The van der Waals surface area contributed by atoms with Crippen molar-refractivity contribution >= 4 is 53.5 Å². The minimum absolute atomic E-state index is 0.426. The van der Waals surface area contributed by atoms with Crippen LogP contribution in [-0.2, 0) is 5.60 Å². The zero-order chi connectivity index (χ0) is 29.3. The van der Waals surface area contributed by atoms with Crippen LogP contribution >= 0.6 is 31.9 Å². The number of nitrogens with zero attached hydrogens (tertiary/aromatic N) is 3. The highest BCUT2D eigenvalue weighted by Crippen LogP contribution is 2.48. The van der Waals surface area contributed by atoms with Crippen molar-refractivity contribution in [1.29, 1.82) is 0 Å². The first kappa shape index (κ1) is 29.3. The minimum Gasteiger partial charge on any atom is -0.481 e. The molecule has 5 nitrogen and oxygen atoms in total. The third-order valence-electron chi connectivity index (χ3n) is 8.59. The summed E-state index contributed by atoms with van der Waals surface area (Å²) in [6, 6.07) is 31.1. The van der Waals surface area contributed by atoms with Crippen LogP contribution < -0.4 is 4.74 Å². The Hall–Kier alpha value is -2.81. The third-order valence-corrected chi connectivity index (χ3v) is 9.58. The molecular formula is C35H35Br2N3O2. The first-order chi connectivity index (χ1) is 20.3. The van der Waals surface area contributed by atoms with Crippen LogP contribution in [0.5, 0.6) is 5.88 Å². The van der Waals surface area contributed by atoms with Gasteiger partial charge in [-0.2, -0.15) is 0 Å². The van der Waals surface area contributed by atoms with Crippen molar-refractivity contribution in [3.63, 3.8) is 0 Å². The Balaban J connectivity index is 1.55. The average molecular weight is 689 g/mol. The Morgan fingerprint density at radius 1 is 0.833 bits per heavy atom. The van der Waals surface area contributed by atoms with Crippen LogP contribution in [0.4, 0.5) is 0 Å². The van der Waals surface area contributed by atoms with Gasteiger partial charge in [-0.15, -0.1) is 0 Å². The van der Waals surface area contributed by atoms with Crippen molar-refractivity contribution in [3.05, 3.63) is 117 Å². The van der Waals surface area contributed by atoms with Gasteiger partial charge in [0.2, 0.25) is 5.88 Å². The molecule has 0 radical (unpaired) electrons. The summed E-state index contributed by atoms with van der Waals surface area (Å²) in [5.41, 5.74) is 2.37. The number of pyridine rings is 1. The van der Waals surface area contributed by atoms with Crippen LogP contribution in [0.2, 0.25) is 0 Å². The van der Waals surface area contributed by atoms with Gasteiger partial charge in [0, 0.05) is 58.5 Å². The molecule has 1 fully saturated rings. The van der Waals surface area contributed by atoms with Crippen LogP contribution in [0.1, 0.15) is 29.0 Å². The van der Waals surface area contributed by atoms with E-state index in [4.69, 9.17) is 9.72 Å². The van der Waals surface area contributed by atoms with Gasteiger partial charge in [-0.3, -0.25) is 0 Å². The molecule has 6 rings (SSSR count). The van der Waals surface area contributed by atoms with E-state index in [0.29, 0.717) is 12.3 Å². The molecular weight excluding hydrogens is 654 g/mol. The van der Waals surface area contributed by atoms with Crippen molar-refractivity contribution in [2.75, 3.05) is 46.9 Å². The molecule has 5 aromatic rings. The first-order valence-corrected chi connectivity index (χ1v) is 15.9. The van der Waals surface area contributed by atoms with Gasteiger partial charge < -0.3 is 19.6 Å². The van der Waals surface area contributed by atoms with Crippen molar-refractivity contribution in [3.8, 4) is 5.88 Å². The minimum atomic E-state index is -1.25. The van der Waals surface area contributed by atoms with E-state index in [1.807, 2.05) is 30.3 Å². The molecule has 216 valence electrons. The molecule has 1 aliphatic rings. The largest absolute Gasteiger partial charge is 0.481 e. The molecule has 2 atom stereocenters. The summed E-state index contributed by atoms with van der Waals surface area (Å²) in [6.07, 6.45) is 0.554. The van der Waals surface area contributed by atoms with Gasteiger partial charge >= 0.3 is 0 Å². The fourth-order valence-electron chi connectivity index (χ4n) is 6.22. The van der Waals surface area contributed by atoms with E-state index in [1.165, 1.54) is 0 Å². The average Bonchev–Trinajstić information content (AvgIpc) is 3.00. The highest BCUT2D eigenvalue weighted by atomic mass is 79.9. The van der Waals surface area contributed by atoms with Crippen molar-refractivity contribution in [1.82, 2.24) is 14.8 Å². The number of halogens is 2. The molecule has 7 heteroatoms. The highest BCUT2D eigenvalue weighted by Gasteiger charge is 2.42. The summed E-state index contributed by atoms with van der Waals surface area (Å²) in [5.74, 6) is 0.103. The quantitative estimate of drug-likeness (QED) is 0.182. The lowest BCUT2D eigenvalue weighted by molar-refractivity contribution is -0.00305. The number of ether oxygens (including phenoxy) is 1. The van der Waals surface area contributed by atoms with E-state index >= 15 is 0 Å². The Bertz CT molecular complexity index is 1710. The smallest absolute Gasteiger partial charge is 0.217 e. The van der Waals surface area contributed by atoms with E-state index in [1.54, 1.807) is 7.11 Å². The van der Waals surface area contributed by atoms with Gasteiger partial charge in [-0.25, -0.2) is 4.98 Å². The summed E-state index contributed by atoms with van der Waals surface area (Å²) >= 11 is 7.24. The van der Waals surface area contributed by atoms with Gasteiger partial charge in [-0.05, 0) is 77.8 Å². The summed E-state index contributed by atoms with van der Waals surface area (Å²) < 4.78 is 7.97. The predicted molar refractivity (Wildman–Crippen MR) is 178 cm³/mol. The van der Waals surface area contributed by atoms with Crippen molar-refractivity contribution < 1.29 is 9.84 Å². The van der Waals surface area contributed by atoms with Crippen LogP contribution in [0.25, 0.3) is 21.7 Å². The molecule has 1 aromatic heterocycles. The topological polar surface area (TPSA) is 48.8 Å². The number of fused-ring (bicyclic) bond motifs is 2. The molecule has 1 N–H and O–H groups in total. The molecule has 0 bridgehead atoms. The number of likely N-dealkylation sites (N-methyl/N-ethyl adjacent to an activating group) is 1. The maximum atomic E-state index is 13.3. The monoisotopic (exact) mass is 687 g/mol. The normalized spacial score (nSPS) is 16.9. The molecule has 0 aliphatic carbocycles. The summed E-state index contributed by atoms with van der Waals surface area (Å²) in [7, 11) is 3.83. The number of aliphatic hydroxyl groups is 1. The third kappa shape index (κ3) is 5.99. The van der Waals surface area contributed by atoms with Gasteiger partial charge in [0.15, 0.2) is 0 Å². The molecule has 0 spiro atoms. The number of piperazine rings is 1. The van der Waals surface area contributed by atoms with E-state index in [0.717, 1.165) is 80.0 Å². The number of rotatable bonds is 8. The van der Waals surface area contributed by atoms with E-state index in [2.05, 4.69) is 109 Å². The fourth-order valence-corrected chi connectivity index (χ4v) is 6.97. The van der Waals surface area contributed by atoms with Crippen LogP contribution in [0.15, 0.2) is 99.9 Å². The second-order valence-electron chi connectivity index (χ2n) is 11.3. The summed E-state index contributed by atoms with van der Waals surface area (Å²) in [5, 5.41) is 16.5. The van der Waals surface area contributed by atoms with Crippen molar-refractivity contribution in [2.24, 2.45) is 0 Å². The lowest BCUT2D eigenvalue weighted by Gasteiger charge is -2.40. The Morgan fingerprint density at radius 3 is 2.24 bits per heavy atom. The SMILES string of the molecule is COc1nc2ccc(Br)cc2cc1C(c1ccccc1)C(O)(CCN1CCN(C)CC1)c1ccc2cc(Br)ccc2c1. The fraction of sp³-hybridized carbons (Fsp3) is 0.286. The molecule has 2 unspecified atom stereocenters. The second-order valence-corrected chi connectivity index (χ2v) is 13.1. The number of methoxy groups -OCH3 is 1. The van der Waals surface area contributed by atoms with Gasteiger partial charge in [0.25, 0.3) is 0 Å². The molecule has 0 amide bonds. The standard InChI is InChI=1S/C35H35Br2N3O2/c1-39-16-18-40(19-17-39)15-14-35(41,28-10-8-26-21-29(36)11-9-25(26)20-28)33(24-6-4-3-5-7-24)31-23-27-22-30(37)12-13-32(27)38-34(31)42-2/h3-13,20-23,33,41H,14-19H2,1-2H3. The molecule has 2 heterocycles. The Kier molecular flexibility index (Phi) is 8.66. The molecule has 4 aromatic carbocycles. The molecule has 1 saturated heterocycles. The van der Waals surface area contributed by atoms with Crippen LogP contribution in [0, 0.1) is 0 Å². The Labute approximate surface area is 264 Å². The highest BCUT2D eigenvalue weighted by molar-refractivity contribution is 9.10. The van der Waals surface area contributed by atoms with E-state index < -0.39 is 11.5 Å². The van der Waals surface area contributed by atoms with Crippen molar-refractivity contribution in [2.45, 2.75) is 17.9 Å². The molecule has 0 saturated carbocycles. The zero-order valence-electron chi connectivity index (χ0n) is 23.9. The molecule has 42 heavy (non-hydrogen) atoms. The van der Waals surface area contributed by atoms with Gasteiger partial charge in [0.05, 0.1) is 12.6 Å². The lowest BCUT2D eigenvalue weighted by Crippen LogP contribution is -2.46. The van der Waals surface area contributed by atoms with Crippen LogP contribution in [0.3, 0.4) is 0 Å². The predicted octanol–water partition coefficient (Wildman–Crippen LogP) is 7.58.